The highest BCUT2D eigenvalue weighted by Gasteiger charge is 2.20. The second-order valence-corrected chi connectivity index (χ2v) is 5.32. The molecule has 1 aromatic heterocycles. The smallest absolute Gasteiger partial charge is 0.204 e. The van der Waals surface area contributed by atoms with Crippen molar-refractivity contribution in [2.24, 2.45) is 0 Å². The molecule has 0 aliphatic carbocycles. The molecule has 0 amide bonds. The molecule has 0 saturated heterocycles. The van der Waals surface area contributed by atoms with Crippen molar-refractivity contribution >= 4 is 16.7 Å². The van der Waals surface area contributed by atoms with Crippen molar-refractivity contribution in [3.8, 4) is 28.6 Å². The molecule has 6 heteroatoms. The molecule has 1 heterocycles. The summed E-state index contributed by atoms with van der Waals surface area (Å²) < 4.78 is 22.0. The zero-order chi connectivity index (χ0) is 18.0. The lowest BCUT2D eigenvalue weighted by atomic mass is 10.1. The van der Waals surface area contributed by atoms with Crippen LogP contribution < -0.4 is 25.0 Å². The predicted molar refractivity (Wildman–Crippen MR) is 97.1 cm³/mol. The maximum atomic E-state index is 12.7. The fraction of sp³-hybridized carbons (Fsp3) is 0.211. The molecule has 130 valence electrons. The lowest BCUT2D eigenvalue weighted by molar-refractivity contribution is 0.326. The normalized spacial score (nSPS) is 10.6. The monoisotopic (exact) mass is 341 g/mol. The first-order valence-electron chi connectivity index (χ1n) is 7.68. The van der Waals surface area contributed by atoms with E-state index in [1.54, 1.807) is 6.07 Å². The van der Waals surface area contributed by atoms with Gasteiger partial charge in [0.05, 0.1) is 21.3 Å². The van der Waals surface area contributed by atoms with E-state index >= 15 is 0 Å². The Morgan fingerprint density at radius 2 is 1.60 bits per heavy atom. The molecule has 0 saturated carbocycles. The molecule has 0 aliphatic rings. The average molecular weight is 341 g/mol. The van der Waals surface area contributed by atoms with Crippen LogP contribution in [-0.2, 0) is 0 Å². The summed E-state index contributed by atoms with van der Waals surface area (Å²) in [5.41, 5.74) is 1.92. The minimum Gasteiger partial charge on any atom is -0.493 e. The van der Waals surface area contributed by atoms with Crippen molar-refractivity contribution in [2.45, 2.75) is 0 Å². The summed E-state index contributed by atoms with van der Waals surface area (Å²) in [6, 6.07) is 10.7. The molecule has 2 aromatic carbocycles. The maximum Gasteiger partial charge on any atom is 0.204 e. The Labute approximate surface area is 144 Å². The molecule has 0 radical (unpaired) electrons. The Hall–Kier alpha value is -3.15. The number of rotatable bonds is 5. The highest BCUT2D eigenvalue weighted by molar-refractivity contribution is 5.90. The van der Waals surface area contributed by atoms with E-state index in [-0.39, 0.29) is 5.43 Å². The van der Waals surface area contributed by atoms with Gasteiger partial charge in [0.25, 0.3) is 0 Å². The lowest BCUT2D eigenvalue weighted by Crippen LogP contribution is -2.05. The summed E-state index contributed by atoms with van der Waals surface area (Å²) in [6.07, 6.45) is 0. The molecule has 0 unspecified atom stereocenters. The molecule has 6 nitrogen and oxygen atoms in total. The number of benzene rings is 2. The highest BCUT2D eigenvalue weighted by Crippen LogP contribution is 2.42. The number of fused-ring (bicyclic) bond motifs is 1. The van der Waals surface area contributed by atoms with E-state index in [9.17, 15) is 4.79 Å². The molecular formula is C19H19NO5. The third-order valence-corrected chi connectivity index (χ3v) is 3.98. The van der Waals surface area contributed by atoms with Crippen molar-refractivity contribution < 1.29 is 18.6 Å². The quantitative estimate of drug-likeness (QED) is 0.766. The van der Waals surface area contributed by atoms with E-state index in [4.69, 9.17) is 18.6 Å². The largest absolute Gasteiger partial charge is 0.493 e. The molecule has 3 rings (SSSR count). The molecule has 0 fully saturated rings. The van der Waals surface area contributed by atoms with Crippen LogP contribution in [0, 0.1) is 0 Å². The number of ether oxygens (including phenoxy) is 3. The van der Waals surface area contributed by atoms with Crippen LogP contribution in [0.25, 0.3) is 22.3 Å². The molecule has 0 spiro atoms. The van der Waals surface area contributed by atoms with Gasteiger partial charge in [0.2, 0.25) is 5.75 Å². The third kappa shape index (κ3) is 2.87. The first-order valence-corrected chi connectivity index (χ1v) is 7.68. The zero-order valence-electron chi connectivity index (χ0n) is 14.5. The lowest BCUT2D eigenvalue weighted by Gasteiger charge is -2.14. The summed E-state index contributed by atoms with van der Waals surface area (Å²) in [5, 5.41) is 3.37. The third-order valence-electron chi connectivity index (χ3n) is 3.98. The summed E-state index contributed by atoms with van der Waals surface area (Å²) >= 11 is 0. The molecular weight excluding hydrogens is 322 g/mol. The second kappa shape index (κ2) is 6.76. The van der Waals surface area contributed by atoms with Gasteiger partial charge in [-0.1, -0.05) is 0 Å². The van der Waals surface area contributed by atoms with E-state index in [2.05, 4.69) is 5.32 Å². The SMILES string of the molecule is CNc1ccc(-c2cc(=O)c3c(OC)c(OC)c(OC)cc3o2)cc1. The Morgan fingerprint density at radius 1 is 0.920 bits per heavy atom. The first kappa shape index (κ1) is 16.7. The van der Waals surface area contributed by atoms with Gasteiger partial charge in [-0.25, -0.2) is 0 Å². The Bertz CT molecular complexity index is 960. The topological polar surface area (TPSA) is 69.9 Å². The molecule has 1 N–H and O–H groups in total. The molecule has 3 aromatic rings. The molecule has 0 aliphatic heterocycles. The van der Waals surface area contributed by atoms with E-state index in [0.717, 1.165) is 11.3 Å². The number of nitrogens with one attached hydrogen (secondary N) is 1. The predicted octanol–water partition coefficient (Wildman–Crippen LogP) is 3.53. The standard InChI is InChI=1S/C19H19NO5/c1-20-12-7-5-11(6-8-12)14-9-13(21)17-15(25-14)10-16(22-2)18(23-3)19(17)24-4/h5-10,20H,1-4H3. The number of hydrogen-bond donors (Lipinski definition) is 1. The van der Waals surface area contributed by atoms with Gasteiger partial charge in [-0.2, -0.15) is 0 Å². The van der Waals surface area contributed by atoms with Gasteiger partial charge in [0.1, 0.15) is 16.7 Å². The van der Waals surface area contributed by atoms with Crippen LogP contribution in [0.2, 0.25) is 0 Å². The van der Waals surface area contributed by atoms with Gasteiger partial charge in [-0.3, -0.25) is 4.79 Å². The summed E-state index contributed by atoms with van der Waals surface area (Å²) in [5.74, 6) is 1.55. The Balaban J connectivity index is 2.26. The second-order valence-electron chi connectivity index (χ2n) is 5.32. The van der Waals surface area contributed by atoms with Crippen LogP contribution in [0.5, 0.6) is 17.2 Å². The van der Waals surface area contributed by atoms with Crippen molar-refractivity contribution in [1.82, 2.24) is 0 Å². The van der Waals surface area contributed by atoms with E-state index in [1.807, 2.05) is 31.3 Å². The minimum absolute atomic E-state index is 0.216. The number of anilines is 1. The van der Waals surface area contributed by atoms with Crippen molar-refractivity contribution in [3.05, 3.63) is 46.6 Å². The van der Waals surface area contributed by atoms with Crippen molar-refractivity contribution in [3.63, 3.8) is 0 Å². The van der Waals surface area contributed by atoms with E-state index < -0.39 is 0 Å². The van der Waals surface area contributed by atoms with Gasteiger partial charge in [-0.05, 0) is 24.3 Å². The van der Waals surface area contributed by atoms with Gasteiger partial charge in [-0.15, -0.1) is 0 Å². The van der Waals surface area contributed by atoms with Gasteiger partial charge >= 0.3 is 0 Å². The van der Waals surface area contributed by atoms with Crippen LogP contribution in [0.1, 0.15) is 0 Å². The van der Waals surface area contributed by atoms with Crippen LogP contribution >= 0.6 is 0 Å². The number of hydrogen-bond acceptors (Lipinski definition) is 6. The van der Waals surface area contributed by atoms with Gasteiger partial charge in [0, 0.05) is 30.4 Å². The van der Waals surface area contributed by atoms with E-state index in [1.165, 1.54) is 27.4 Å². The maximum absolute atomic E-state index is 12.7. The number of methoxy groups -OCH3 is 3. The van der Waals surface area contributed by atoms with Crippen LogP contribution in [-0.4, -0.2) is 28.4 Å². The fourth-order valence-electron chi connectivity index (χ4n) is 2.73. The van der Waals surface area contributed by atoms with Gasteiger partial charge < -0.3 is 23.9 Å². The fourth-order valence-corrected chi connectivity index (χ4v) is 2.73. The van der Waals surface area contributed by atoms with Crippen molar-refractivity contribution in [1.29, 1.82) is 0 Å². The molecule has 0 bridgehead atoms. The van der Waals surface area contributed by atoms with Crippen LogP contribution in [0.3, 0.4) is 0 Å². The minimum atomic E-state index is -0.216. The zero-order valence-corrected chi connectivity index (χ0v) is 14.5. The first-order chi connectivity index (χ1) is 12.1. The van der Waals surface area contributed by atoms with Crippen molar-refractivity contribution in [2.75, 3.05) is 33.7 Å². The average Bonchev–Trinajstić information content (AvgIpc) is 2.66. The van der Waals surface area contributed by atoms with E-state index in [0.29, 0.717) is 34.0 Å². The summed E-state index contributed by atoms with van der Waals surface area (Å²) in [6.45, 7) is 0. The molecule has 25 heavy (non-hydrogen) atoms. The Morgan fingerprint density at radius 3 is 2.16 bits per heavy atom. The molecule has 0 atom stereocenters. The summed E-state index contributed by atoms with van der Waals surface area (Å²) in [7, 11) is 6.32. The van der Waals surface area contributed by atoms with Gasteiger partial charge in [0.15, 0.2) is 16.9 Å². The van der Waals surface area contributed by atoms with Crippen LogP contribution in [0.4, 0.5) is 5.69 Å². The highest BCUT2D eigenvalue weighted by atomic mass is 16.5. The summed E-state index contributed by atoms with van der Waals surface area (Å²) in [4.78, 5) is 12.7. The Kier molecular flexibility index (Phi) is 4.52. The van der Waals surface area contributed by atoms with Crippen LogP contribution in [0.15, 0.2) is 45.6 Å².